The molecule has 0 saturated carbocycles. The molecule has 23 heavy (non-hydrogen) atoms. The lowest BCUT2D eigenvalue weighted by Crippen LogP contribution is -2.31. The lowest BCUT2D eigenvalue weighted by Gasteiger charge is -2.28. The van der Waals surface area contributed by atoms with Crippen LogP contribution in [0.3, 0.4) is 0 Å². The predicted molar refractivity (Wildman–Crippen MR) is 95.2 cm³/mol. The molecule has 0 aliphatic rings. The van der Waals surface area contributed by atoms with Gasteiger partial charge >= 0.3 is 5.97 Å². The average molecular weight is 341 g/mol. The zero-order chi connectivity index (χ0) is 17.8. The number of thioether (sulfide) groups is 1. The van der Waals surface area contributed by atoms with E-state index in [0.717, 1.165) is 5.57 Å². The molecule has 0 spiro atoms. The first kappa shape index (κ1) is 21.6. The maximum absolute atomic E-state index is 11.5. The van der Waals surface area contributed by atoms with Crippen LogP contribution in [0.1, 0.15) is 34.1 Å². The van der Waals surface area contributed by atoms with Crippen LogP contribution in [0.15, 0.2) is 28.4 Å². The van der Waals surface area contributed by atoms with Gasteiger partial charge in [-0.15, -0.1) is 11.8 Å². The van der Waals surface area contributed by atoms with Crippen molar-refractivity contribution in [1.29, 1.82) is 0 Å². The van der Waals surface area contributed by atoms with Gasteiger partial charge in [-0.1, -0.05) is 29.8 Å². The number of hydrogen-bond acceptors (Lipinski definition) is 5. The molecule has 0 amide bonds. The molecular weight excluding hydrogens is 314 g/mol. The molecule has 3 atom stereocenters. The second-order valence-electron chi connectivity index (χ2n) is 5.27. The molecule has 7 heteroatoms. The van der Waals surface area contributed by atoms with E-state index in [4.69, 9.17) is 15.0 Å². The molecule has 0 heterocycles. The van der Waals surface area contributed by atoms with Gasteiger partial charge in [0.1, 0.15) is 0 Å². The van der Waals surface area contributed by atoms with Gasteiger partial charge in [-0.2, -0.15) is 0 Å². The summed E-state index contributed by atoms with van der Waals surface area (Å²) < 4.78 is 10.6. The van der Waals surface area contributed by atoms with Gasteiger partial charge in [-0.3, -0.25) is 0 Å². The first-order chi connectivity index (χ1) is 10.9. The quantitative estimate of drug-likeness (QED) is 0.111. The maximum atomic E-state index is 11.5. The summed E-state index contributed by atoms with van der Waals surface area (Å²) in [6, 6.07) is -0.274. The number of azide groups is 1. The van der Waals surface area contributed by atoms with E-state index in [1.54, 1.807) is 18.7 Å². The summed E-state index contributed by atoms with van der Waals surface area (Å²) in [7, 11) is 1.36. The van der Waals surface area contributed by atoms with Gasteiger partial charge in [0.15, 0.2) is 0 Å². The third-order valence-electron chi connectivity index (χ3n) is 3.75. The van der Waals surface area contributed by atoms with E-state index >= 15 is 0 Å². The van der Waals surface area contributed by atoms with Crippen LogP contribution in [0.5, 0.6) is 0 Å². The first-order valence-corrected chi connectivity index (χ1v) is 8.84. The highest BCUT2D eigenvalue weighted by atomic mass is 32.2. The Hall–Kier alpha value is -1.43. The van der Waals surface area contributed by atoms with Gasteiger partial charge in [0.05, 0.1) is 25.2 Å². The molecule has 0 aromatic rings. The number of allylic oxidation sites excluding steroid dienone is 1. The third-order valence-corrected chi connectivity index (χ3v) is 4.12. The molecule has 0 unspecified atom stereocenters. The maximum Gasteiger partial charge on any atom is 0.333 e. The second-order valence-corrected chi connectivity index (χ2v) is 6.08. The van der Waals surface area contributed by atoms with E-state index < -0.39 is 0 Å². The van der Waals surface area contributed by atoms with Gasteiger partial charge in [0.2, 0.25) is 0 Å². The molecule has 0 radical (unpaired) electrons. The standard InChI is InChI=1S/C16H27N3O3S/c1-7-11(2)15(18-19-17)13(4)14(22-10-23-6)9-8-12(3)16(20)21-5/h7-8,13-15H,9-10H2,1-6H3/b11-7+,12-8+/t13-,14-,15+/m0/s1. The van der Waals surface area contributed by atoms with Gasteiger partial charge in [0.25, 0.3) is 0 Å². The van der Waals surface area contributed by atoms with Crippen molar-refractivity contribution in [2.75, 3.05) is 19.3 Å². The summed E-state index contributed by atoms with van der Waals surface area (Å²) in [6.07, 6.45) is 6.10. The van der Waals surface area contributed by atoms with Crippen LogP contribution in [0, 0.1) is 5.92 Å². The highest BCUT2D eigenvalue weighted by Crippen LogP contribution is 2.25. The molecule has 0 fully saturated rings. The van der Waals surface area contributed by atoms with Gasteiger partial charge in [0, 0.05) is 10.5 Å². The Morgan fingerprint density at radius 1 is 1.43 bits per heavy atom. The molecular formula is C16H27N3O3S. The van der Waals surface area contributed by atoms with Crippen LogP contribution in [-0.4, -0.2) is 37.4 Å². The van der Waals surface area contributed by atoms with Crippen molar-refractivity contribution in [2.45, 2.75) is 46.3 Å². The smallest absolute Gasteiger partial charge is 0.333 e. The van der Waals surface area contributed by atoms with Crippen LogP contribution >= 0.6 is 11.8 Å². The lowest BCUT2D eigenvalue weighted by atomic mass is 9.89. The van der Waals surface area contributed by atoms with Crippen molar-refractivity contribution >= 4 is 17.7 Å². The van der Waals surface area contributed by atoms with Crippen LogP contribution in [0.25, 0.3) is 10.4 Å². The minimum Gasteiger partial charge on any atom is -0.466 e. The zero-order valence-corrected chi connectivity index (χ0v) is 15.6. The molecule has 0 aliphatic carbocycles. The fraction of sp³-hybridized carbons (Fsp3) is 0.688. The van der Waals surface area contributed by atoms with Crippen molar-refractivity contribution in [3.63, 3.8) is 0 Å². The molecule has 0 aromatic heterocycles. The van der Waals surface area contributed by atoms with E-state index in [2.05, 4.69) is 10.0 Å². The van der Waals surface area contributed by atoms with Crippen molar-refractivity contribution in [1.82, 2.24) is 0 Å². The molecule has 0 bridgehead atoms. The molecule has 0 N–H and O–H groups in total. The summed E-state index contributed by atoms with van der Waals surface area (Å²) in [5.74, 6) is 0.172. The summed E-state index contributed by atoms with van der Waals surface area (Å²) in [5, 5.41) is 3.92. The number of hydrogen-bond donors (Lipinski definition) is 0. The lowest BCUT2D eigenvalue weighted by molar-refractivity contribution is -0.136. The molecule has 130 valence electrons. The van der Waals surface area contributed by atoms with Gasteiger partial charge in [-0.25, -0.2) is 4.79 Å². The van der Waals surface area contributed by atoms with Crippen LogP contribution in [0.2, 0.25) is 0 Å². The number of rotatable bonds is 10. The fourth-order valence-electron chi connectivity index (χ4n) is 2.17. The highest BCUT2D eigenvalue weighted by molar-refractivity contribution is 7.98. The van der Waals surface area contributed by atoms with E-state index in [1.165, 1.54) is 7.11 Å². The predicted octanol–water partition coefficient (Wildman–Crippen LogP) is 4.48. The summed E-state index contributed by atoms with van der Waals surface area (Å²) >= 11 is 1.58. The number of carbonyl (C=O) groups excluding carboxylic acids is 1. The van der Waals surface area contributed by atoms with Crippen molar-refractivity contribution in [2.24, 2.45) is 11.0 Å². The number of carbonyl (C=O) groups is 1. The van der Waals surface area contributed by atoms with Crippen molar-refractivity contribution in [3.8, 4) is 0 Å². The highest BCUT2D eigenvalue weighted by Gasteiger charge is 2.26. The van der Waals surface area contributed by atoms with Gasteiger partial charge in [-0.05, 0) is 44.9 Å². The minimum absolute atomic E-state index is 0.0176. The largest absolute Gasteiger partial charge is 0.466 e. The topological polar surface area (TPSA) is 84.3 Å². The van der Waals surface area contributed by atoms with Gasteiger partial charge < -0.3 is 9.47 Å². The number of esters is 1. The number of ether oxygens (including phenoxy) is 2. The molecule has 0 aromatic carbocycles. The summed E-state index contributed by atoms with van der Waals surface area (Å²) in [4.78, 5) is 14.4. The van der Waals surface area contributed by atoms with E-state index in [9.17, 15) is 4.79 Å². The first-order valence-electron chi connectivity index (χ1n) is 7.45. The Labute approximate surface area is 142 Å². The molecule has 0 saturated heterocycles. The minimum atomic E-state index is -0.350. The summed E-state index contributed by atoms with van der Waals surface area (Å²) in [6.45, 7) is 7.57. The Bertz CT molecular complexity index is 485. The SMILES string of the molecule is C/C=C(\C)[C@@H](N=[N+]=[N-])[C@@H](C)[C@H](C/C=C(\C)C(=O)OC)OCSC. The normalized spacial score (nSPS) is 16.3. The molecule has 6 nitrogen and oxygen atoms in total. The zero-order valence-electron chi connectivity index (χ0n) is 14.8. The second kappa shape index (κ2) is 12.0. The van der Waals surface area contributed by atoms with Crippen LogP contribution in [-0.2, 0) is 14.3 Å². The fourth-order valence-corrected chi connectivity index (χ4v) is 2.48. The molecule has 0 aliphatic heterocycles. The Morgan fingerprint density at radius 2 is 2.09 bits per heavy atom. The van der Waals surface area contributed by atoms with Crippen LogP contribution < -0.4 is 0 Å². The number of methoxy groups -OCH3 is 1. The third kappa shape index (κ3) is 7.59. The van der Waals surface area contributed by atoms with Crippen molar-refractivity contribution < 1.29 is 14.3 Å². The summed E-state index contributed by atoms with van der Waals surface area (Å²) in [5.41, 5.74) is 10.4. The average Bonchev–Trinajstić information content (AvgIpc) is 2.57. The van der Waals surface area contributed by atoms with Crippen LogP contribution in [0.4, 0.5) is 0 Å². The van der Waals surface area contributed by atoms with E-state index in [-0.39, 0.29) is 24.0 Å². The number of nitrogens with zero attached hydrogens (tertiary/aromatic N) is 3. The Balaban J connectivity index is 5.27. The van der Waals surface area contributed by atoms with Crippen molar-refractivity contribution in [3.05, 3.63) is 33.7 Å². The molecule has 0 rings (SSSR count). The monoisotopic (exact) mass is 341 g/mol. The van der Waals surface area contributed by atoms with E-state index in [0.29, 0.717) is 17.9 Å². The Morgan fingerprint density at radius 3 is 2.57 bits per heavy atom. The Kier molecular flexibility index (Phi) is 11.3. The van der Waals surface area contributed by atoms with E-state index in [1.807, 2.05) is 39.2 Å².